The van der Waals surface area contributed by atoms with Crippen molar-refractivity contribution in [3.63, 3.8) is 0 Å². The van der Waals surface area contributed by atoms with Crippen LogP contribution in [0.1, 0.15) is 6.92 Å². The van der Waals surface area contributed by atoms with E-state index >= 15 is 0 Å². The number of rotatable bonds is 7. The van der Waals surface area contributed by atoms with Crippen molar-refractivity contribution >= 4 is 20.0 Å². The lowest BCUT2D eigenvalue weighted by Crippen LogP contribution is -2.37. The van der Waals surface area contributed by atoms with Gasteiger partial charge in [-0.15, -0.1) is 0 Å². The molecule has 0 aliphatic carbocycles. The quantitative estimate of drug-likeness (QED) is 0.721. The molecule has 0 saturated heterocycles. The van der Waals surface area contributed by atoms with E-state index in [0.29, 0.717) is 0 Å². The average molecular weight is 335 g/mol. The maximum Gasteiger partial charge on any atom is 0.242 e. The Hall–Kier alpha value is -1.00. The smallest absolute Gasteiger partial charge is 0.242 e. The van der Waals surface area contributed by atoms with Crippen molar-refractivity contribution in [2.45, 2.75) is 22.8 Å². The molecule has 9 heteroatoms. The molecule has 120 valence electrons. The van der Waals surface area contributed by atoms with Crippen LogP contribution in [-0.2, 0) is 20.0 Å². The second-order valence-electron chi connectivity index (χ2n) is 4.80. The summed E-state index contributed by atoms with van der Waals surface area (Å²) in [7, 11) is -2.64. The molecule has 1 unspecified atom stereocenters. The first-order chi connectivity index (χ1) is 9.61. The van der Waals surface area contributed by atoms with Gasteiger partial charge in [0, 0.05) is 26.7 Å². The van der Waals surface area contributed by atoms with Gasteiger partial charge in [0.05, 0.1) is 9.79 Å². The van der Waals surface area contributed by atoms with Crippen LogP contribution in [0.5, 0.6) is 0 Å². The van der Waals surface area contributed by atoms with Crippen LogP contribution in [0, 0.1) is 0 Å². The fraction of sp³-hybridized carbons (Fsp3) is 0.500. The van der Waals surface area contributed by atoms with Gasteiger partial charge >= 0.3 is 0 Å². The first-order valence-electron chi connectivity index (χ1n) is 6.31. The largest absolute Gasteiger partial charge is 0.316 e. The Morgan fingerprint density at radius 3 is 1.95 bits per heavy atom. The number of nitrogens with one attached hydrogen (secondary N) is 2. The minimum Gasteiger partial charge on any atom is -0.316 e. The second kappa shape index (κ2) is 6.84. The Bertz CT molecular complexity index is 667. The number of hydrogen-bond acceptors (Lipinski definition) is 5. The van der Waals surface area contributed by atoms with Crippen LogP contribution in [0.2, 0.25) is 0 Å². The summed E-state index contributed by atoms with van der Waals surface area (Å²) in [5.74, 6) is 0. The van der Waals surface area contributed by atoms with Gasteiger partial charge in [-0.25, -0.2) is 25.9 Å². The first kappa shape index (κ1) is 18.1. The fourth-order valence-corrected chi connectivity index (χ4v) is 3.45. The van der Waals surface area contributed by atoms with Gasteiger partial charge in [0.2, 0.25) is 20.0 Å². The Kier molecular flexibility index (Phi) is 5.88. The Labute approximate surface area is 126 Å². The second-order valence-corrected chi connectivity index (χ2v) is 8.72. The summed E-state index contributed by atoms with van der Waals surface area (Å²) in [4.78, 5) is 0.0820. The van der Waals surface area contributed by atoms with Gasteiger partial charge in [-0.05, 0) is 38.2 Å². The predicted octanol–water partition coefficient (Wildman–Crippen LogP) is -0.177. The molecule has 21 heavy (non-hydrogen) atoms. The van der Waals surface area contributed by atoms with E-state index in [1.165, 1.54) is 38.4 Å². The molecule has 2 N–H and O–H groups in total. The lowest BCUT2D eigenvalue weighted by atomic mass is 10.4. The highest BCUT2D eigenvalue weighted by Crippen LogP contribution is 2.16. The highest BCUT2D eigenvalue weighted by molar-refractivity contribution is 7.89. The van der Waals surface area contributed by atoms with Gasteiger partial charge in [0.25, 0.3) is 0 Å². The summed E-state index contributed by atoms with van der Waals surface area (Å²) < 4.78 is 51.4. The average Bonchev–Trinajstić information content (AvgIpc) is 2.44. The topological polar surface area (TPSA) is 95.6 Å². The van der Waals surface area contributed by atoms with Gasteiger partial charge in [-0.3, -0.25) is 0 Å². The van der Waals surface area contributed by atoms with E-state index in [4.69, 9.17) is 0 Å². The van der Waals surface area contributed by atoms with Crippen molar-refractivity contribution < 1.29 is 16.8 Å². The highest BCUT2D eigenvalue weighted by Gasteiger charge is 2.19. The minimum atomic E-state index is -3.65. The van der Waals surface area contributed by atoms with Crippen LogP contribution in [0.15, 0.2) is 34.1 Å². The number of hydrogen-bond donors (Lipinski definition) is 2. The molecule has 0 aliphatic heterocycles. The predicted molar refractivity (Wildman–Crippen MR) is 81.0 cm³/mol. The van der Waals surface area contributed by atoms with Crippen molar-refractivity contribution in [3.8, 4) is 0 Å². The zero-order valence-electron chi connectivity index (χ0n) is 12.5. The summed E-state index contributed by atoms with van der Waals surface area (Å²) in [6.45, 7) is 2.09. The lowest BCUT2D eigenvalue weighted by molar-refractivity contribution is 0.520. The number of benzene rings is 1. The summed E-state index contributed by atoms with van der Waals surface area (Å²) in [5, 5.41) is 2.92. The van der Waals surface area contributed by atoms with Crippen LogP contribution in [0.3, 0.4) is 0 Å². The van der Waals surface area contributed by atoms with Crippen LogP contribution in [0.4, 0.5) is 0 Å². The van der Waals surface area contributed by atoms with Crippen LogP contribution in [0.25, 0.3) is 0 Å². The molecule has 0 aliphatic rings. The van der Waals surface area contributed by atoms with Crippen molar-refractivity contribution in [1.29, 1.82) is 0 Å². The number of likely N-dealkylation sites (N-methyl/N-ethyl adjacent to an activating group) is 1. The zero-order valence-corrected chi connectivity index (χ0v) is 14.1. The molecule has 0 amide bonds. The molecular weight excluding hydrogens is 314 g/mol. The van der Waals surface area contributed by atoms with Gasteiger partial charge in [-0.2, -0.15) is 0 Å². The molecule has 0 spiro atoms. The molecular formula is C12H21N3O4S2. The molecule has 0 bridgehead atoms. The molecule has 0 fully saturated rings. The molecule has 7 nitrogen and oxygen atoms in total. The lowest BCUT2D eigenvalue weighted by Gasteiger charge is -2.13. The Balaban J connectivity index is 2.97. The molecule has 0 saturated carbocycles. The third kappa shape index (κ3) is 4.48. The van der Waals surface area contributed by atoms with Crippen molar-refractivity contribution in [3.05, 3.63) is 24.3 Å². The van der Waals surface area contributed by atoms with Crippen LogP contribution < -0.4 is 10.0 Å². The third-order valence-electron chi connectivity index (χ3n) is 2.98. The van der Waals surface area contributed by atoms with Gasteiger partial charge in [0.15, 0.2) is 0 Å². The SMILES string of the molecule is CNC(C)CNS(=O)(=O)c1ccc(S(=O)(=O)N(C)C)cc1. The normalized spacial score (nSPS) is 14.3. The van der Waals surface area contributed by atoms with Crippen molar-refractivity contribution in [2.75, 3.05) is 27.7 Å². The third-order valence-corrected chi connectivity index (χ3v) is 6.25. The molecule has 1 aromatic rings. The summed E-state index contributed by atoms with van der Waals surface area (Å²) in [5.41, 5.74) is 0. The van der Waals surface area contributed by atoms with E-state index in [-0.39, 0.29) is 22.4 Å². The van der Waals surface area contributed by atoms with Crippen molar-refractivity contribution in [2.24, 2.45) is 0 Å². The van der Waals surface area contributed by atoms with E-state index in [2.05, 4.69) is 10.0 Å². The molecule has 0 heterocycles. The maximum atomic E-state index is 12.0. The molecule has 0 radical (unpaired) electrons. The summed E-state index contributed by atoms with van der Waals surface area (Å²) in [6, 6.07) is 5.12. The summed E-state index contributed by atoms with van der Waals surface area (Å²) in [6.07, 6.45) is 0. The van der Waals surface area contributed by atoms with E-state index in [1.807, 2.05) is 6.92 Å². The van der Waals surface area contributed by atoms with Gasteiger partial charge in [-0.1, -0.05) is 0 Å². The Morgan fingerprint density at radius 2 is 1.52 bits per heavy atom. The zero-order chi connectivity index (χ0) is 16.3. The first-order valence-corrected chi connectivity index (χ1v) is 9.23. The van der Waals surface area contributed by atoms with E-state index < -0.39 is 20.0 Å². The standard InChI is InChI=1S/C12H21N3O4S2/c1-10(13-2)9-14-20(16,17)11-5-7-12(8-6-11)21(18,19)15(3)4/h5-8,10,13-14H,9H2,1-4H3. The van der Waals surface area contributed by atoms with Gasteiger partial charge in [0.1, 0.15) is 0 Å². The minimum absolute atomic E-state index is 0.00633. The van der Waals surface area contributed by atoms with Crippen LogP contribution >= 0.6 is 0 Å². The molecule has 1 aromatic carbocycles. The Morgan fingerprint density at radius 1 is 1.05 bits per heavy atom. The van der Waals surface area contributed by atoms with Crippen molar-refractivity contribution in [1.82, 2.24) is 14.3 Å². The monoisotopic (exact) mass is 335 g/mol. The summed E-state index contributed by atoms with van der Waals surface area (Å²) >= 11 is 0. The molecule has 1 atom stereocenters. The van der Waals surface area contributed by atoms with E-state index in [1.54, 1.807) is 7.05 Å². The maximum absolute atomic E-state index is 12.0. The van der Waals surface area contributed by atoms with Crippen LogP contribution in [-0.4, -0.2) is 54.9 Å². The number of nitrogens with zero attached hydrogens (tertiary/aromatic N) is 1. The van der Waals surface area contributed by atoms with Gasteiger partial charge < -0.3 is 5.32 Å². The highest BCUT2D eigenvalue weighted by atomic mass is 32.2. The van der Waals surface area contributed by atoms with E-state index in [0.717, 1.165) is 4.31 Å². The molecule has 1 rings (SSSR count). The fourth-order valence-electron chi connectivity index (χ4n) is 1.42. The molecule has 0 aromatic heterocycles. The van der Waals surface area contributed by atoms with E-state index in [9.17, 15) is 16.8 Å². The number of sulfonamides is 2.